The van der Waals surface area contributed by atoms with Crippen molar-refractivity contribution < 1.29 is 9.47 Å². The van der Waals surface area contributed by atoms with Crippen molar-refractivity contribution in [2.45, 2.75) is 46.6 Å². The highest BCUT2D eigenvalue weighted by Gasteiger charge is 2.12. The van der Waals surface area contributed by atoms with Crippen molar-refractivity contribution >= 4 is 0 Å². The molecule has 1 unspecified atom stereocenters. The van der Waals surface area contributed by atoms with Crippen LogP contribution in [0.15, 0.2) is 30.3 Å². The molecule has 0 aliphatic carbocycles. The minimum absolute atomic E-state index is 0.309. The van der Waals surface area contributed by atoms with E-state index in [4.69, 9.17) is 9.47 Å². The van der Waals surface area contributed by atoms with E-state index in [2.05, 4.69) is 27.7 Å². The summed E-state index contributed by atoms with van der Waals surface area (Å²) in [5.74, 6) is 0.906. The lowest BCUT2D eigenvalue weighted by atomic mass is 9.89. The van der Waals surface area contributed by atoms with Crippen LogP contribution in [0, 0.1) is 5.41 Å². The molecule has 1 atom stereocenters. The van der Waals surface area contributed by atoms with Gasteiger partial charge in [-0.25, -0.2) is 0 Å². The van der Waals surface area contributed by atoms with Gasteiger partial charge >= 0.3 is 0 Å². The molecule has 0 N–H and O–H groups in total. The highest BCUT2D eigenvalue weighted by atomic mass is 16.5. The highest BCUT2D eigenvalue weighted by molar-refractivity contribution is 5.20. The Morgan fingerprint density at radius 2 is 1.72 bits per heavy atom. The SMILES string of the molecule is CC(CCC(C)(C)C)OCCOc1ccccc1. The van der Waals surface area contributed by atoms with Crippen LogP contribution in [-0.2, 0) is 4.74 Å². The molecule has 0 spiro atoms. The molecule has 1 rings (SSSR count). The topological polar surface area (TPSA) is 18.5 Å². The second-order valence-electron chi connectivity index (χ2n) is 5.94. The van der Waals surface area contributed by atoms with E-state index in [1.165, 1.54) is 6.42 Å². The molecule has 102 valence electrons. The predicted octanol–water partition coefficient (Wildman–Crippen LogP) is 4.30. The summed E-state index contributed by atoms with van der Waals surface area (Å²) in [5, 5.41) is 0. The Morgan fingerprint density at radius 1 is 1.06 bits per heavy atom. The van der Waals surface area contributed by atoms with E-state index in [0.29, 0.717) is 24.7 Å². The van der Waals surface area contributed by atoms with Crippen LogP contribution in [0.2, 0.25) is 0 Å². The maximum absolute atomic E-state index is 5.73. The van der Waals surface area contributed by atoms with E-state index in [9.17, 15) is 0 Å². The minimum Gasteiger partial charge on any atom is -0.491 e. The molecule has 0 amide bonds. The largest absolute Gasteiger partial charge is 0.491 e. The van der Waals surface area contributed by atoms with Gasteiger partial charge in [-0.2, -0.15) is 0 Å². The number of hydrogen-bond donors (Lipinski definition) is 0. The van der Waals surface area contributed by atoms with E-state index in [1.807, 2.05) is 30.3 Å². The standard InChI is InChI=1S/C16H26O2/c1-14(10-11-16(2,3)4)17-12-13-18-15-8-6-5-7-9-15/h5-9,14H,10-13H2,1-4H3. The third-order valence-electron chi connectivity index (χ3n) is 2.80. The first kappa shape index (κ1) is 15.0. The van der Waals surface area contributed by atoms with Crippen molar-refractivity contribution in [1.29, 1.82) is 0 Å². The summed E-state index contributed by atoms with van der Waals surface area (Å²) in [6.45, 7) is 10.2. The molecule has 0 radical (unpaired) electrons. The van der Waals surface area contributed by atoms with Gasteiger partial charge in [-0.3, -0.25) is 0 Å². The van der Waals surface area contributed by atoms with Crippen molar-refractivity contribution in [3.05, 3.63) is 30.3 Å². The average Bonchev–Trinajstić information content (AvgIpc) is 2.33. The minimum atomic E-state index is 0.309. The average molecular weight is 250 g/mol. The molecule has 0 saturated carbocycles. The third kappa shape index (κ3) is 7.33. The van der Waals surface area contributed by atoms with Crippen LogP contribution in [0.1, 0.15) is 40.5 Å². The van der Waals surface area contributed by atoms with Crippen LogP contribution in [0.4, 0.5) is 0 Å². The fourth-order valence-corrected chi connectivity index (χ4v) is 1.65. The second kappa shape index (κ2) is 7.42. The first-order valence-electron chi connectivity index (χ1n) is 6.77. The normalized spacial score (nSPS) is 13.3. The summed E-state index contributed by atoms with van der Waals surface area (Å²) in [6, 6.07) is 9.86. The molecule has 0 aromatic heterocycles. The van der Waals surface area contributed by atoms with Crippen molar-refractivity contribution in [3.63, 3.8) is 0 Å². The van der Waals surface area contributed by atoms with Crippen molar-refractivity contribution in [1.82, 2.24) is 0 Å². The Balaban J connectivity index is 2.07. The molecule has 2 heteroatoms. The number of para-hydroxylation sites is 1. The van der Waals surface area contributed by atoms with E-state index in [-0.39, 0.29) is 0 Å². The van der Waals surface area contributed by atoms with E-state index < -0.39 is 0 Å². The Labute approximate surface area is 111 Å². The second-order valence-corrected chi connectivity index (χ2v) is 5.94. The number of benzene rings is 1. The van der Waals surface area contributed by atoms with Crippen LogP contribution in [-0.4, -0.2) is 19.3 Å². The van der Waals surface area contributed by atoms with Crippen molar-refractivity contribution in [2.24, 2.45) is 5.41 Å². The molecule has 0 aliphatic heterocycles. The zero-order chi connectivity index (χ0) is 13.4. The molecule has 0 saturated heterocycles. The molecule has 18 heavy (non-hydrogen) atoms. The third-order valence-corrected chi connectivity index (χ3v) is 2.80. The Kier molecular flexibility index (Phi) is 6.20. The monoisotopic (exact) mass is 250 g/mol. The van der Waals surface area contributed by atoms with Gasteiger partial charge < -0.3 is 9.47 Å². The number of ether oxygens (including phenoxy) is 2. The van der Waals surface area contributed by atoms with E-state index in [0.717, 1.165) is 12.2 Å². The molecular weight excluding hydrogens is 224 g/mol. The predicted molar refractivity (Wildman–Crippen MR) is 76.0 cm³/mol. The smallest absolute Gasteiger partial charge is 0.119 e. The van der Waals surface area contributed by atoms with E-state index >= 15 is 0 Å². The van der Waals surface area contributed by atoms with Gasteiger partial charge in [-0.15, -0.1) is 0 Å². The molecule has 1 aromatic rings. The fourth-order valence-electron chi connectivity index (χ4n) is 1.65. The zero-order valence-electron chi connectivity index (χ0n) is 12.1. The van der Waals surface area contributed by atoms with Crippen LogP contribution in [0.25, 0.3) is 0 Å². The quantitative estimate of drug-likeness (QED) is 0.672. The lowest BCUT2D eigenvalue weighted by Crippen LogP contribution is -2.17. The van der Waals surface area contributed by atoms with Gasteiger partial charge in [0.15, 0.2) is 0 Å². The maximum Gasteiger partial charge on any atom is 0.119 e. The molecule has 0 heterocycles. The van der Waals surface area contributed by atoms with Crippen LogP contribution >= 0.6 is 0 Å². The summed E-state index contributed by atoms with van der Waals surface area (Å²) in [7, 11) is 0. The summed E-state index contributed by atoms with van der Waals surface area (Å²) in [5.41, 5.74) is 0.387. The summed E-state index contributed by atoms with van der Waals surface area (Å²) in [4.78, 5) is 0. The van der Waals surface area contributed by atoms with Crippen LogP contribution < -0.4 is 4.74 Å². The van der Waals surface area contributed by atoms with Gasteiger partial charge in [0.1, 0.15) is 12.4 Å². The van der Waals surface area contributed by atoms with Gasteiger partial charge in [-0.05, 0) is 37.3 Å². The van der Waals surface area contributed by atoms with Crippen LogP contribution in [0.5, 0.6) is 5.75 Å². The van der Waals surface area contributed by atoms with Gasteiger partial charge in [0.25, 0.3) is 0 Å². The molecule has 0 bridgehead atoms. The Hall–Kier alpha value is -1.02. The van der Waals surface area contributed by atoms with E-state index in [1.54, 1.807) is 0 Å². The van der Waals surface area contributed by atoms with Gasteiger partial charge in [0.2, 0.25) is 0 Å². The first-order chi connectivity index (χ1) is 8.47. The molecule has 2 nitrogen and oxygen atoms in total. The first-order valence-corrected chi connectivity index (χ1v) is 6.77. The Bertz CT molecular complexity index is 314. The Morgan fingerprint density at radius 3 is 2.33 bits per heavy atom. The fraction of sp³-hybridized carbons (Fsp3) is 0.625. The lowest BCUT2D eigenvalue weighted by molar-refractivity contribution is 0.0337. The van der Waals surface area contributed by atoms with Gasteiger partial charge in [-0.1, -0.05) is 39.0 Å². The number of rotatable bonds is 7. The summed E-state index contributed by atoms with van der Waals surface area (Å²) < 4.78 is 11.3. The highest BCUT2D eigenvalue weighted by Crippen LogP contribution is 2.22. The van der Waals surface area contributed by atoms with Crippen molar-refractivity contribution in [2.75, 3.05) is 13.2 Å². The molecular formula is C16H26O2. The molecule has 0 fully saturated rings. The van der Waals surface area contributed by atoms with Gasteiger partial charge in [0, 0.05) is 0 Å². The zero-order valence-corrected chi connectivity index (χ0v) is 12.1. The molecule has 1 aromatic carbocycles. The summed E-state index contributed by atoms with van der Waals surface area (Å²) >= 11 is 0. The number of hydrogen-bond acceptors (Lipinski definition) is 2. The van der Waals surface area contributed by atoms with Gasteiger partial charge in [0.05, 0.1) is 12.7 Å². The van der Waals surface area contributed by atoms with Crippen LogP contribution in [0.3, 0.4) is 0 Å². The molecule has 0 aliphatic rings. The maximum atomic E-state index is 5.73. The lowest BCUT2D eigenvalue weighted by Gasteiger charge is -2.21. The summed E-state index contributed by atoms with van der Waals surface area (Å²) in [6.07, 6.45) is 2.60. The van der Waals surface area contributed by atoms with Crippen molar-refractivity contribution in [3.8, 4) is 5.75 Å².